The molecule has 0 aliphatic heterocycles. The molecule has 14 heavy (non-hydrogen) atoms. The van der Waals surface area contributed by atoms with Crippen molar-refractivity contribution >= 4 is 13.3 Å². The van der Waals surface area contributed by atoms with Crippen molar-refractivity contribution in [3.63, 3.8) is 0 Å². The van der Waals surface area contributed by atoms with Crippen LogP contribution in [-0.2, 0) is 0 Å². The van der Waals surface area contributed by atoms with Gasteiger partial charge in [0.1, 0.15) is 0 Å². The van der Waals surface area contributed by atoms with Gasteiger partial charge in [-0.1, -0.05) is 0 Å². The summed E-state index contributed by atoms with van der Waals surface area (Å²) >= 11 is -1.86. The minimum atomic E-state index is -1.86. The molecule has 1 atom stereocenters. The number of rotatable bonds is 6. The molecular weight excluding hydrogens is 233 g/mol. The number of allylic oxidation sites excluding steroid dienone is 1. The normalized spacial score (nSPS) is 15.7. The second-order valence-electron chi connectivity index (χ2n) is 4.08. The van der Waals surface area contributed by atoms with Crippen LogP contribution in [0.25, 0.3) is 0 Å². The molecule has 0 aromatic heterocycles. The number of hydrogen-bond donors (Lipinski definition) is 1. The molecule has 0 aromatic carbocycles. The van der Waals surface area contributed by atoms with Gasteiger partial charge in [0.2, 0.25) is 0 Å². The average molecular weight is 259 g/mol. The summed E-state index contributed by atoms with van der Waals surface area (Å²) in [6, 6.07) is 0. The van der Waals surface area contributed by atoms with E-state index in [0.29, 0.717) is 0 Å². The molecule has 0 spiro atoms. The molecule has 0 fully saturated rings. The minimum absolute atomic E-state index is 0.213. The summed E-state index contributed by atoms with van der Waals surface area (Å²) < 4.78 is 1.43. The summed E-state index contributed by atoms with van der Waals surface area (Å²) in [5, 5.41) is 13.8. The first-order valence-corrected chi connectivity index (χ1v) is 11.5. The summed E-state index contributed by atoms with van der Waals surface area (Å²) in [6.45, 7) is 11.0. The fourth-order valence-corrected chi connectivity index (χ4v) is 11.3. The zero-order valence-electron chi connectivity index (χ0n) is 10.4. The first kappa shape index (κ1) is 14.2. The maximum absolute atomic E-state index is 9.85. The molecule has 1 N–H and O–H groups in total. The predicted molar refractivity (Wildman–Crippen MR) is 67.3 cm³/mol. The number of hydrogen-bond acceptors (Lipinski definition) is 1. The Bertz CT molecular complexity index is 172. The zero-order chi connectivity index (χ0) is 11.2. The second-order valence-corrected chi connectivity index (χ2v) is 15.1. The van der Waals surface area contributed by atoms with Crippen molar-refractivity contribution < 1.29 is 5.11 Å². The van der Waals surface area contributed by atoms with Crippen molar-refractivity contribution in [2.45, 2.75) is 62.9 Å². The Hall–Kier alpha value is 0.243. The molecule has 0 amide bonds. The van der Waals surface area contributed by atoms with Crippen molar-refractivity contribution in [3.8, 4) is 0 Å². The molecule has 0 saturated heterocycles. The summed E-state index contributed by atoms with van der Waals surface area (Å²) in [6.07, 6.45) is 3.14. The van der Waals surface area contributed by atoms with E-state index in [2.05, 4.69) is 33.8 Å². The Morgan fingerprint density at radius 1 is 1.14 bits per heavy atom. The molecule has 1 unspecified atom stereocenters. The Labute approximate surface area is 92.0 Å². The predicted octanol–water partition coefficient (Wildman–Crippen LogP) is 3.75. The van der Waals surface area contributed by atoms with Gasteiger partial charge in [-0.25, -0.2) is 0 Å². The monoisotopic (exact) mass is 260 g/mol. The van der Waals surface area contributed by atoms with Crippen LogP contribution in [-0.4, -0.2) is 24.5 Å². The fourth-order valence-electron chi connectivity index (χ4n) is 2.41. The quantitative estimate of drug-likeness (QED) is 0.720. The molecule has 0 rings (SSSR count). The van der Waals surface area contributed by atoms with Crippen LogP contribution in [0.5, 0.6) is 0 Å². The van der Waals surface area contributed by atoms with E-state index in [1.807, 2.05) is 6.92 Å². The van der Waals surface area contributed by atoms with E-state index in [1.165, 1.54) is 20.2 Å². The third kappa shape index (κ3) is 3.13. The Morgan fingerprint density at radius 3 is 1.79 bits per heavy atom. The van der Waals surface area contributed by atoms with Crippen molar-refractivity contribution in [1.82, 2.24) is 0 Å². The van der Waals surface area contributed by atoms with Crippen molar-refractivity contribution in [1.29, 1.82) is 0 Å². The molecule has 2 heteroatoms. The Morgan fingerprint density at radius 2 is 1.57 bits per heavy atom. The van der Waals surface area contributed by atoms with Crippen LogP contribution >= 0.6 is 0 Å². The molecule has 0 aromatic rings. The molecule has 84 valence electrons. The fraction of sp³-hybridized carbons (Fsp3) is 0.833. The maximum atomic E-state index is 9.85. The van der Waals surface area contributed by atoms with Gasteiger partial charge in [-0.15, -0.1) is 0 Å². The van der Waals surface area contributed by atoms with E-state index in [4.69, 9.17) is 0 Å². The SMILES string of the molecule is CC/C=[C](\C(C)O)[Ge]([CH2]C)([CH2]C)[CH2]C. The Kier molecular flexibility index (Phi) is 6.79. The molecule has 0 saturated carbocycles. The van der Waals surface area contributed by atoms with E-state index >= 15 is 0 Å². The van der Waals surface area contributed by atoms with Gasteiger partial charge in [-0.3, -0.25) is 0 Å². The topological polar surface area (TPSA) is 20.2 Å². The van der Waals surface area contributed by atoms with Crippen molar-refractivity contribution in [2.24, 2.45) is 0 Å². The van der Waals surface area contributed by atoms with Crippen LogP contribution in [0.1, 0.15) is 41.0 Å². The van der Waals surface area contributed by atoms with Crippen molar-refractivity contribution in [3.05, 3.63) is 10.5 Å². The summed E-state index contributed by atoms with van der Waals surface area (Å²) in [4.78, 5) is 0. The third-order valence-corrected chi connectivity index (χ3v) is 15.9. The van der Waals surface area contributed by atoms with Gasteiger partial charge in [0.25, 0.3) is 0 Å². The molecule has 0 aliphatic carbocycles. The molecule has 0 radical (unpaired) electrons. The van der Waals surface area contributed by atoms with E-state index in [9.17, 15) is 5.11 Å². The van der Waals surface area contributed by atoms with E-state index in [-0.39, 0.29) is 6.10 Å². The molecule has 0 heterocycles. The van der Waals surface area contributed by atoms with E-state index in [1.54, 1.807) is 0 Å². The van der Waals surface area contributed by atoms with Gasteiger partial charge >= 0.3 is 91.8 Å². The zero-order valence-corrected chi connectivity index (χ0v) is 12.5. The van der Waals surface area contributed by atoms with Crippen LogP contribution in [0.2, 0.25) is 15.8 Å². The van der Waals surface area contributed by atoms with Gasteiger partial charge in [0.05, 0.1) is 0 Å². The average Bonchev–Trinajstić information content (AvgIpc) is 2.19. The van der Waals surface area contributed by atoms with Gasteiger partial charge in [0.15, 0.2) is 0 Å². The molecular formula is C12H26GeO. The Balaban J connectivity index is 5.01. The molecule has 1 nitrogen and oxygen atoms in total. The standard InChI is InChI=1S/C12H26GeO/c1-6-10-12(11(5)14)13(7-2,8-3)9-4/h10-11,14H,6-9H2,1-5H3/b12-10+. The van der Waals surface area contributed by atoms with Crippen LogP contribution in [0.4, 0.5) is 0 Å². The van der Waals surface area contributed by atoms with Gasteiger partial charge in [-0.2, -0.15) is 0 Å². The van der Waals surface area contributed by atoms with Crippen molar-refractivity contribution in [2.75, 3.05) is 0 Å². The number of aliphatic hydroxyl groups is 1. The summed E-state index contributed by atoms with van der Waals surface area (Å²) in [5.41, 5.74) is 0. The van der Waals surface area contributed by atoms with Crippen LogP contribution in [0, 0.1) is 0 Å². The third-order valence-electron chi connectivity index (χ3n) is 3.52. The van der Waals surface area contributed by atoms with E-state index < -0.39 is 13.3 Å². The van der Waals surface area contributed by atoms with Gasteiger partial charge in [0, 0.05) is 0 Å². The van der Waals surface area contributed by atoms with E-state index in [0.717, 1.165) is 6.42 Å². The second kappa shape index (κ2) is 6.68. The molecule has 0 bridgehead atoms. The van der Waals surface area contributed by atoms with Crippen LogP contribution < -0.4 is 0 Å². The first-order valence-electron chi connectivity index (χ1n) is 5.96. The van der Waals surface area contributed by atoms with Gasteiger partial charge in [-0.05, 0) is 0 Å². The molecule has 0 aliphatic rings. The number of aliphatic hydroxyl groups excluding tert-OH is 1. The summed E-state index contributed by atoms with van der Waals surface area (Å²) in [5.74, 6) is 0. The van der Waals surface area contributed by atoms with Gasteiger partial charge < -0.3 is 0 Å². The van der Waals surface area contributed by atoms with Crippen LogP contribution in [0.3, 0.4) is 0 Å². The first-order chi connectivity index (χ1) is 6.57. The summed E-state index contributed by atoms with van der Waals surface area (Å²) in [7, 11) is 0. The van der Waals surface area contributed by atoms with Crippen LogP contribution in [0.15, 0.2) is 10.5 Å².